The van der Waals surface area contributed by atoms with Crippen LogP contribution in [0.4, 0.5) is 0 Å². The molecule has 1 atom stereocenters. The summed E-state index contributed by atoms with van der Waals surface area (Å²) in [5.41, 5.74) is 1.64. The van der Waals surface area contributed by atoms with Crippen molar-refractivity contribution in [2.24, 2.45) is 0 Å². The van der Waals surface area contributed by atoms with Crippen molar-refractivity contribution in [2.75, 3.05) is 7.11 Å². The van der Waals surface area contributed by atoms with Crippen molar-refractivity contribution in [1.82, 2.24) is 19.5 Å². The summed E-state index contributed by atoms with van der Waals surface area (Å²) in [6.07, 6.45) is 6.13. The molecule has 1 aliphatic carbocycles. The highest BCUT2D eigenvalue weighted by molar-refractivity contribution is 6.20. The number of rotatable bonds is 4. The maximum atomic E-state index is 6.35. The lowest BCUT2D eigenvalue weighted by atomic mass is 9.74. The Labute approximate surface area is 123 Å². The SMILES string of the molecule is CCC1(n2c(C(C)Cl)nc3c(OC)ncnc32)CCC1. The molecule has 20 heavy (non-hydrogen) atoms. The molecule has 0 N–H and O–H groups in total. The van der Waals surface area contributed by atoms with Gasteiger partial charge >= 0.3 is 0 Å². The fraction of sp³-hybridized carbons (Fsp3) is 0.643. The second-order valence-corrected chi connectivity index (χ2v) is 6.06. The fourth-order valence-electron chi connectivity index (χ4n) is 3.09. The standard InChI is InChI=1S/C14H19ClN4O/c1-4-14(6-5-7-14)19-11(9(2)15)18-10-12(19)16-8-17-13(10)20-3/h8-9H,4-7H2,1-3H3. The van der Waals surface area contributed by atoms with Crippen molar-refractivity contribution in [3.05, 3.63) is 12.2 Å². The predicted molar refractivity (Wildman–Crippen MR) is 78.3 cm³/mol. The van der Waals surface area contributed by atoms with E-state index in [1.165, 1.54) is 12.7 Å². The number of aromatic nitrogens is 4. The Bertz CT molecular complexity index is 628. The van der Waals surface area contributed by atoms with Gasteiger partial charge < -0.3 is 9.30 Å². The smallest absolute Gasteiger partial charge is 0.245 e. The van der Waals surface area contributed by atoms with Gasteiger partial charge in [-0.05, 0) is 32.6 Å². The van der Waals surface area contributed by atoms with Crippen LogP contribution in [0, 0.1) is 0 Å². The van der Waals surface area contributed by atoms with Crippen LogP contribution in [0.15, 0.2) is 6.33 Å². The van der Waals surface area contributed by atoms with E-state index < -0.39 is 0 Å². The minimum absolute atomic E-state index is 0.104. The number of imidazole rings is 1. The third-order valence-corrected chi connectivity index (χ3v) is 4.60. The molecule has 1 unspecified atom stereocenters. The van der Waals surface area contributed by atoms with Crippen molar-refractivity contribution in [1.29, 1.82) is 0 Å². The van der Waals surface area contributed by atoms with Crippen LogP contribution in [0.3, 0.4) is 0 Å². The van der Waals surface area contributed by atoms with Crippen LogP contribution in [-0.4, -0.2) is 26.6 Å². The van der Waals surface area contributed by atoms with E-state index in [1.54, 1.807) is 7.11 Å². The molecule has 2 aromatic heterocycles. The number of fused-ring (bicyclic) bond motifs is 1. The highest BCUT2D eigenvalue weighted by Crippen LogP contribution is 2.46. The van der Waals surface area contributed by atoms with Gasteiger partial charge in [-0.25, -0.2) is 9.97 Å². The minimum atomic E-state index is -0.169. The third-order valence-electron chi connectivity index (χ3n) is 4.40. The fourth-order valence-corrected chi connectivity index (χ4v) is 3.24. The van der Waals surface area contributed by atoms with Gasteiger partial charge in [0.1, 0.15) is 12.2 Å². The number of hydrogen-bond donors (Lipinski definition) is 0. The Morgan fingerprint density at radius 1 is 1.45 bits per heavy atom. The van der Waals surface area contributed by atoms with Gasteiger partial charge in [-0.2, -0.15) is 4.98 Å². The molecular formula is C14H19ClN4O. The third kappa shape index (κ3) is 1.79. The summed E-state index contributed by atoms with van der Waals surface area (Å²) >= 11 is 6.35. The molecule has 2 heterocycles. The predicted octanol–water partition coefficient (Wildman–Crippen LogP) is 3.42. The molecule has 5 nitrogen and oxygen atoms in total. The van der Waals surface area contributed by atoms with Crippen molar-refractivity contribution in [3.8, 4) is 5.88 Å². The minimum Gasteiger partial charge on any atom is -0.479 e. The zero-order valence-electron chi connectivity index (χ0n) is 12.1. The van der Waals surface area contributed by atoms with Crippen LogP contribution >= 0.6 is 11.6 Å². The van der Waals surface area contributed by atoms with Crippen molar-refractivity contribution in [3.63, 3.8) is 0 Å². The molecule has 1 fully saturated rings. The molecule has 0 bridgehead atoms. The maximum absolute atomic E-state index is 6.35. The van der Waals surface area contributed by atoms with Gasteiger partial charge in [0.2, 0.25) is 5.88 Å². The summed E-state index contributed by atoms with van der Waals surface area (Å²) in [7, 11) is 1.60. The lowest BCUT2D eigenvalue weighted by molar-refractivity contribution is 0.136. The molecule has 0 aliphatic heterocycles. The molecule has 0 amide bonds. The number of hydrogen-bond acceptors (Lipinski definition) is 4. The number of halogens is 1. The van der Waals surface area contributed by atoms with Gasteiger partial charge in [0.15, 0.2) is 11.2 Å². The molecule has 3 rings (SSSR count). The molecule has 0 radical (unpaired) electrons. The van der Waals surface area contributed by atoms with Crippen LogP contribution in [0.1, 0.15) is 50.7 Å². The van der Waals surface area contributed by atoms with Gasteiger partial charge in [-0.15, -0.1) is 11.6 Å². The molecule has 1 aliphatic rings. The zero-order chi connectivity index (χ0) is 14.3. The van der Waals surface area contributed by atoms with Crippen LogP contribution < -0.4 is 4.74 Å². The second kappa shape index (κ2) is 4.88. The Balaban J connectivity index is 2.30. The van der Waals surface area contributed by atoms with Gasteiger partial charge in [0.05, 0.1) is 12.5 Å². The van der Waals surface area contributed by atoms with E-state index in [0.717, 1.165) is 30.7 Å². The van der Waals surface area contributed by atoms with E-state index in [9.17, 15) is 0 Å². The number of nitrogens with zero attached hydrogens (tertiary/aromatic N) is 4. The summed E-state index contributed by atoms with van der Waals surface area (Å²) in [6.45, 7) is 4.16. The van der Waals surface area contributed by atoms with Gasteiger partial charge in [-0.1, -0.05) is 6.92 Å². The summed E-state index contributed by atoms with van der Waals surface area (Å²) in [4.78, 5) is 13.2. The van der Waals surface area contributed by atoms with Crippen molar-refractivity contribution in [2.45, 2.75) is 50.4 Å². The number of alkyl halides is 1. The average Bonchev–Trinajstić information content (AvgIpc) is 2.78. The Morgan fingerprint density at radius 3 is 2.70 bits per heavy atom. The highest BCUT2D eigenvalue weighted by Gasteiger charge is 2.41. The van der Waals surface area contributed by atoms with Crippen molar-refractivity contribution < 1.29 is 4.74 Å². The monoisotopic (exact) mass is 294 g/mol. The van der Waals surface area contributed by atoms with E-state index in [1.807, 2.05) is 6.92 Å². The average molecular weight is 295 g/mol. The molecule has 1 saturated carbocycles. The molecule has 2 aromatic rings. The first-order chi connectivity index (χ1) is 9.63. The number of methoxy groups -OCH3 is 1. The van der Waals surface area contributed by atoms with E-state index in [-0.39, 0.29) is 10.9 Å². The quantitative estimate of drug-likeness (QED) is 0.811. The van der Waals surface area contributed by atoms with Gasteiger partial charge in [-0.3, -0.25) is 0 Å². The topological polar surface area (TPSA) is 52.8 Å². The molecular weight excluding hydrogens is 276 g/mol. The highest BCUT2D eigenvalue weighted by atomic mass is 35.5. The first-order valence-electron chi connectivity index (χ1n) is 7.05. The summed E-state index contributed by atoms with van der Waals surface area (Å²) in [5.74, 6) is 1.37. The zero-order valence-corrected chi connectivity index (χ0v) is 12.8. The largest absolute Gasteiger partial charge is 0.479 e. The lowest BCUT2D eigenvalue weighted by Crippen LogP contribution is -2.41. The maximum Gasteiger partial charge on any atom is 0.245 e. The van der Waals surface area contributed by atoms with E-state index in [0.29, 0.717) is 11.4 Å². The van der Waals surface area contributed by atoms with Crippen molar-refractivity contribution >= 4 is 22.8 Å². The first kappa shape index (κ1) is 13.6. The lowest BCUT2D eigenvalue weighted by Gasteiger charge is -2.43. The van der Waals surface area contributed by atoms with Gasteiger partial charge in [0, 0.05) is 5.54 Å². The number of ether oxygens (including phenoxy) is 1. The Morgan fingerprint density at radius 2 is 2.20 bits per heavy atom. The normalized spacial score (nSPS) is 18.8. The van der Waals surface area contributed by atoms with Crippen LogP contribution in [0.25, 0.3) is 11.2 Å². The first-order valence-corrected chi connectivity index (χ1v) is 7.48. The molecule has 0 aromatic carbocycles. The summed E-state index contributed by atoms with van der Waals surface area (Å²) in [5, 5.41) is -0.169. The molecule has 6 heteroatoms. The summed E-state index contributed by atoms with van der Waals surface area (Å²) in [6, 6.07) is 0. The van der Waals surface area contributed by atoms with Crippen LogP contribution in [0.5, 0.6) is 5.88 Å². The van der Waals surface area contributed by atoms with E-state index in [4.69, 9.17) is 16.3 Å². The Kier molecular flexibility index (Phi) is 3.32. The molecule has 0 spiro atoms. The second-order valence-electron chi connectivity index (χ2n) is 5.41. The molecule has 0 saturated heterocycles. The molecule has 108 valence electrons. The van der Waals surface area contributed by atoms with Gasteiger partial charge in [0.25, 0.3) is 0 Å². The Hall–Kier alpha value is -1.36. The van der Waals surface area contributed by atoms with Crippen LogP contribution in [-0.2, 0) is 5.54 Å². The van der Waals surface area contributed by atoms with E-state index in [2.05, 4.69) is 26.4 Å². The van der Waals surface area contributed by atoms with Crippen LogP contribution in [0.2, 0.25) is 0 Å². The van der Waals surface area contributed by atoms with E-state index >= 15 is 0 Å². The summed E-state index contributed by atoms with van der Waals surface area (Å²) < 4.78 is 7.53.